The van der Waals surface area contributed by atoms with Gasteiger partial charge in [0.15, 0.2) is 0 Å². The highest BCUT2D eigenvalue weighted by atomic mass is 35.5. The Labute approximate surface area is 162 Å². The van der Waals surface area contributed by atoms with Gasteiger partial charge in [-0.1, -0.05) is 23.8 Å². The van der Waals surface area contributed by atoms with E-state index in [9.17, 15) is 4.79 Å². The Kier molecular flexibility index (Phi) is 4.12. The lowest BCUT2D eigenvalue weighted by Crippen LogP contribution is -2.39. The van der Waals surface area contributed by atoms with E-state index in [0.29, 0.717) is 23.4 Å². The zero-order valence-electron chi connectivity index (χ0n) is 14.8. The molecule has 5 nitrogen and oxygen atoms in total. The highest BCUT2D eigenvalue weighted by Crippen LogP contribution is 2.43. The number of halogens is 1. The topological polar surface area (TPSA) is 64.1 Å². The summed E-state index contributed by atoms with van der Waals surface area (Å²) in [7, 11) is 0. The van der Waals surface area contributed by atoms with Gasteiger partial charge in [0.2, 0.25) is 5.91 Å². The summed E-state index contributed by atoms with van der Waals surface area (Å²) in [6, 6.07) is 3.95. The molecule has 1 N–H and O–H groups in total. The fraction of sp³-hybridized carbons (Fsp3) is 0.381. The second-order valence-corrected chi connectivity index (χ2v) is 8.06. The third-order valence-corrected chi connectivity index (χ3v) is 6.15. The summed E-state index contributed by atoms with van der Waals surface area (Å²) in [5.74, 6) is 2.01. The number of carbonyl (C=O) groups is 1. The summed E-state index contributed by atoms with van der Waals surface area (Å²) in [5, 5.41) is 3.67. The van der Waals surface area contributed by atoms with Crippen molar-refractivity contribution in [2.75, 3.05) is 6.54 Å². The zero-order chi connectivity index (χ0) is 18.4. The van der Waals surface area contributed by atoms with Gasteiger partial charge in [0.1, 0.15) is 18.2 Å². The van der Waals surface area contributed by atoms with E-state index in [2.05, 4.69) is 33.5 Å². The van der Waals surface area contributed by atoms with Crippen LogP contribution < -0.4 is 10.1 Å². The van der Waals surface area contributed by atoms with E-state index in [-0.39, 0.29) is 17.9 Å². The van der Waals surface area contributed by atoms with Gasteiger partial charge in [-0.05, 0) is 42.4 Å². The maximum atomic E-state index is 12.5. The lowest BCUT2D eigenvalue weighted by atomic mass is 9.93. The standard InChI is InChI=1S/C21H20ClN3O2/c22-19-7-14(16-8-23-11-24-9-16)5-15-6-17(27-20(15)19)10-25-21(26)18-4-12-1-2-13(18)3-12/h1-2,5,7-9,11-13,17-18H,3-4,6,10H2,(H,25,26)/t12-,13+,17?,18+/m1/s1. The Morgan fingerprint density at radius 1 is 1.19 bits per heavy atom. The van der Waals surface area contributed by atoms with Crippen molar-refractivity contribution in [3.63, 3.8) is 0 Å². The van der Waals surface area contributed by atoms with Gasteiger partial charge >= 0.3 is 0 Å². The normalized spacial score (nSPS) is 27.4. The van der Waals surface area contributed by atoms with Crippen molar-refractivity contribution >= 4 is 17.5 Å². The number of hydrogen-bond donors (Lipinski definition) is 1. The number of allylic oxidation sites excluding steroid dienone is 2. The van der Waals surface area contributed by atoms with Crippen LogP contribution in [0.3, 0.4) is 0 Å². The number of amides is 1. The molecule has 1 amide bonds. The molecule has 0 spiro atoms. The number of carbonyl (C=O) groups excluding carboxylic acids is 1. The van der Waals surface area contributed by atoms with Gasteiger partial charge in [-0.3, -0.25) is 4.79 Å². The van der Waals surface area contributed by atoms with E-state index in [1.54, 1.807) is 12.4 Å². The maximum Gasteiger partial charge on any atom is 0.223 e. The molecule has 1 fully saturated rings. The summed E-state index contributed by atoms with van der Waals surface area (Å²) >= 11 is 6.44. The fourth-order valence-electron chi connectivity index (χ4n) is 4.54. The maximum absolute atomic E-state index is 12.5. The van der Waals surface area contributed by atoms with Crippen molar-refractivity contribution in [2.24, 2.45) is 17.8 Å². The van der Waals surface area contributed by atoms with Gasteiger partial charge in [-0.2, -0.15) is 0 Å². The molecule has 1 saturated carbocycles. The van der Waals surface area contributed by atoms with Gasteiger partial charge in [0.05, 0.1) is 11.6 Å². The van der Waals surface area contributed by atoms with Crippen LogP contribution in [-0.4, -0.2) is 28.5 Å². The van der Waals surface area contributed by atoms with Gasteiger partial charge < -0.3 is 10.1 Å². The van der Waals surface area contributed by atoms with Crippen LogP contribution in [0.15, 0.2) is 43.0 Å². The lowest BCUT2D eigenvalue weighted by Gasteiger charge is -2.19. The van der Waals surface area contributed by atoms with Crippen LogP contribution in [0, 0.1) is 17.8 Å². The molecule has 4 atom stereocenters. The Bertz CT molecular complexity index is 915. The lowest BCUT2D eigenvalue weighted by molar-refractivity contribution is -0.126. The number of fused-ring (bicyclic) bond motifs is 3. The molecule has 138 valence electrons. The third kappa shape index (κ3) is 3.10. The van der Waals surface area contributed by atoms with Crippen LogP contribution in [0.5, 0.6) is 5.75 Å². The van der Waals surface area contributed by atoms with Crippen molar-refractivity contribution in [2.45, 2.75) is 25.4 Å². The third-order valence-electron chi connectivity index (χ3n) is 5.87. The van der Waals surface area contributed by atoms with Gasteiger partial charge in [-0.15, -0.1) is 0 Å². The molecule has 0 radical (unpaired) electrons. The van der Waals surface area contributed by atoms with Crippen LogP contribution >= 0.6 is 11.6 Å². The van der Waals surface area contributed by atoms with Crippen molar-refractivity contribution in [1.29, 1.82) is 0 Å². The Morgan fingerprint density at radius 2 is 2.04 bits per heavy atom. The first kappa shape index (κ1) is 16.8. The predicted molar refractivity (Wildman–Crippen MR) is 102 cm³/mol. The van der Waals surface area contributed by atoms with Gasteiger partial charge in [-0.25, -0.2) is 9.97 Å². The quantitative estimate of drug-likeness (QED) is 0.824. The molecule has 0 saturated heterocycles. The fourth-order valence-corrected chi connectivity index (χ4v) is 4.83. The number of hydrogen-bond acceptors (Lipinski definition) is 4. The SMILES string of the molecule is O=C(NCC1Cc2cc(-c3cncnc3)cc(Cl)c2O1)[C@H]1C[C@@H]2C=C[C@H]1C2. The monoisotopic (exact) mass is 381 g/mol. The molecule has 1 aromatic heterocycles. The Hall–Kier alpha value is -2.40. The van der Waals surface area contributed by atoms with Gasteiger partial charge in [0.25, 0.3) is 0 Å². The largest absolute Gasteiger partial charge is 0.486 e. The highest BCUT2D eigenvalue weighted by Gasteiger charge is 2.40. The molecule has 27 heavy (non-hydrogen) atoms. The second kappa shape index (κ2) is 6.64. The zero-order valence-corrected chi connectivity index (χ0v) is 15.5. The van der Waals surface area contributed by atoms with Crippen LogP contribution in [0.25, 0.3) is 11.1 Å². The molecular weight excluding hydrogens is 362 g/mol. The molecular formula is C21H20ClN3O2. The first-order chi connectivity index (χ1) is 13.2. The summed E-state index contributed by atoms with van der Waals surface area (Å²) in [5.41, 5.74) is 2.95. The average molecular weight is 382 g/mol. The van der Waals surface area contributed by atoms with Gasteiger partial charge in [0, 0.05) is 35.9 Å². The molecule has 2 heterocycles. The summed E-state index contributed by atoms with van der Waals surface area (Å²) in [6.07, 6.45) is 12.2. The predicted octanol–water partition coefficient (Wildman–Crippen LogP) is 3.43. The summed E-state index contributed by atoms with van der Waals surface area (Å²) in [6.45, 7) is 0.505. The minimum absolute atomic E-state index is 0.0853. The van der Waals surface area contributed by atoms with E-state index < -0.39 is 0 Å². The van der Waals surface area contributed by atoms with E-state index in [0.717, 1.165) is 41.7 Å². The van der Waals surface area contributed by atoms with E-state index in [1.807, 2.05) is 6.07 Å². The molecule has 2 aliphatic carbocycles. The molecule has 3 aliphatic rings. The van der Waals surface area contributed by atoms with E-state index in [1.165, 1.54) is 6.33 Å². The van der Waals surface area contributed by atoms with E-state index >= 15 is 0 Å². The minimum Gasteiger partial charge on any atom is -0.486 e. The summed E-state index contributed by atoms with van der Waals surface area (Å²) in [4.78, 5) is 20.7. The van der Waals surface area contributed by atoms with Crippen molar-refractivity contribution < 1.29 is 9.53 Å². The number of ether oxygens (including phenoxy) is 1. The van der Waals surface area contributed by atoms with E-state index in [4.69, 9.17) is 16.3 Å². The molecule has 2 aromatic rings. The highest BCUT2D eigenvalue weighted by molar-refractivity contribution is 6.32. The Morgan fingerprint density at radius 3 is 2.78 bits per heavy atom. The number of aromatic nitrogens is 2. The number of nitrogens with zero attached hydrogens (tertiary/aromatic N) is 2. The average Bonchev–Trinajstić information content (AvgIpc) is 3.42. The first-order valence-corrected chi connectivity index (χ1v) is 9.75. The van der Waals surface area contributed by atoms with Crippen molar-refractivity contribution in [3.05, 3.63) is 53.6 Å². The summed E-state index contributed by atoms with van der Waals surface area (Å²) < 4.78 is 6.01. The molecule has 5 rings (SSSR count). The van der Waals surface area contributed by atoms with Crippen LogP contribution in [-0.2, 0) is 11.2 Å². The molecule has 1 aromatic carbocycles. The smallest absolute Gasteiger partial charge is 0.223 e. The second-order valence-electron chi connectivity index (χ2n) is 7.65. The first-order valence-electron chi connectivity index (χ1n) is 9.38. The van der Waals surface area contributed by atoms with Crippen LogP contribution in [0.4, 0.5) is 0 Å². The Balaban J connectivity index is 1.25. The van der Waals surface area contributed by atoms with Crippen molar-refractivity contribution in [3.8, 4) is 16.9 Å². The number of rotatable bonds is 4. The number of benzene rings is 1. The molecule has 1 unspecified atom stereocenters. The van der Waals surface area contributed by atoms with Crippen LogP contribution in [0.1, 0.15) is 18.4 Å². The molecule has 1 aliphatic heterocycles. The number of nitrogens with one attached hydrogen (secondary N) is 1. The van der Waals surface area contributed by atoms with Crippen molar-refractivity contribution in [1.82, 2.24) is 15.3 Å². The molecule has 2 bridgehead atoms. The minimum atomic E-state index is -0.0853. The molecule has 6 heteroatoms. The van der Waals surface area contributed by atoms with Crippen LogP contribution in [0.2, 0.25) is 5.02 Å².